The molecule has 14 heteroatoms. The minimum Gasteiger partial charge on any atom is -0.497 e. The molecule has 0 bridgehead atoms. The second-order valence-electron chi connectivity index (χ2n) is 8.21. The minimum absolute atomic E-state index is 0.0112. The first kappa shape index (κ1) is 29.6. The number of nitrogens with one attached hydrogen (secondary N) is 1. The number of nitrogens with zero attached hydrogens (tertiary/aromatic N) is 2. The number of hydrogen-bond acceptors (Lipinski definition) is 10. The van der Waals surface area contributed by atoms with Crippen molar-refractivity contribution >= 4 is 44.9 Å². The maximum atomic E-state index is 13.7. The number of ether oxygens (including phenoxy) is 3. The molecule has 210 valence electrons. The number of esters is 2. The Hall–Kier alpha value is -4.98. The molecule has 3 aromatic carbocycles. The Morgan fingerprint density at radius 1 is 0.925 bits per heavy atom. The first-order chi connectivity index (χ1) is 18.9. The van der Waals surface area contributed by atoms with Crippen LogP contribution in [-0.2, 0) is 24.3 Å². The standard InChI is InChI=1S/C26H25N3O10S/c1-16-5-11-20(14-23(16)29(33)34)40(35,36)28(18-7-9-19(37-2)10-8-18)15-24(30)27-22-13-17(25(31)38-3)6-12-21(22)26(32)39-4/h5-14H,15H2,1-4H3,(H,27,30). The molecule has 0 heterocycles. The number of methoxy groups -OCH3 is 3. The summed E-state index contributed by atoms with van der Waals surface area (Å²) < 4.78 is 42.7. The van der Waals surface area contributed by atoms with Crippen LogP contribution >= 0.6 is 0 Å². The predicted octanol–water partition coefficient (Wildman–Crippen LogP) is 3.32. The molecule has 0 atom stereocenters. The van der Waals surface area contributed by atoms with Crippen molar-refractivity contribution in [3.05, 3.63) is 87.5 Å². The summed E-state index contributed by atoms with van der Waals surface area (Å²) in [6.45, 7) is 0.657. The molecule has 0 fully saturated rings. The lowest BCUT2D eigenvalue weighted by molar-refractivity contribution is -0.385. The van der Waals surface area contributed by atoms with Gasteiger partial charge in [-0.05, 0) is 55.5 Å². The average molecular weight is 572 g/mol. The topological polar surface area (TPSA) is 171 Å². The number of aryl methyl sites for hydroxylation is 1. The van der Waals surface area contributed by atoms with Gasteiger partial charge in [-0.3, -0.25) is 19.2 Å². The number of anilines is 2. The molecule has 0 aliphatic carbocycles. The number of benzene rings is 3. The number of carbonyl (C=O) groups is 3. The highest BCUT2D eigenvalue weighted by Crippen LogP contribution is 2.29. The zero-order chi connectivity index (χ0) is 29.6. The van der Waals surface area contributed by atoms with E-state index >= 15 is 0 Å². The van der Waals surface area contributed by atoms with Crippen molar-refractivity contribution in [3.63, 3.8) is 0 Å². The van der Waals surface area contributed by atoms with Crippen molar-refractivity contribution in [2.75, 3.05) is 37.5 Å². The third kappa shape index (κ3) is 6.35. The molecule has 0 aliphatic heterocycles. The monoisotopic (exact) mass is 571 g/mol. The van der Waals surface area contributed by atoms with Gasteiger partial charge in [0.2, 0.25) is 5.91 Å². The molecule has 0 spiro atoms. The maximum Gasteiger partial charge on any atom is 0.339 e. The summed E-state index contributed by atoms with van der Waals surface area (Å²) in [5, 5.41) is 13.9. The summed E-state index contributed by atoms with van der Waals surface area (Å²) in [4.78, 5) is 47.8. The van der Waals surface area contributed by atoms with E-state index in [0.717, 1.165) is 24.6 Å². The summed E-state index contributed by atoms with van der Waals surface area (Å²) in [5.41, 5.74) is -0.330. The summed E-state index contributed by atoms with van der Waals surface area (Å²) >= 11 is 0. The number of amides is 1. The Morgan fingerprint density at radius 2 is 1.57 bits per heavy atom. The van der Waals surface area contributed by atoms with Crippen LogP contribution in [0.25, 0.3) is 0 Å². The third-order valence-electron chi connectivity index (χ3n) is 5.73. The van der Waals surface area contributed by atoms with E-state index in [2.05, 4.69) is 10.1 Å². The number of hydrogen-bond donors (Lipinski definition) is 1. The van der Waals surface area contributed by atoms with Gasteiger partial charge in [0, 0.05) is 11.6 Å². The molecule has 0 unspecified atom stereocenters. The van der Waals surface area contributed by atoms with Crippen molar-refractivity contribution in [2.45, 2.75) is 11.8 Å². The van der Waals surface area contributed by atoms with Crippen LogP contribution in [0.4, 0.5) is 17.1 Å². The molecule has 3 aromatic rings. The van der Waals surface area contributed by atoms with Crippen LogP contribution in [0.2, 0.25) is 0 Å². The number of nitro benzene ring substituents is 1. The van der Waals surface area contributed by atoms with Gasteiger partial charge in [0.05, 0.1) is 53.6 Å². The highest BCUT2D eigenvalue weighted by atomic mass is 32.2. The van der Waals surface area contributed by atoms with Crippen molar-refractivity contribution in [1.29, 1.82) is 0 Å². The molecule has 0 aliphatic rings. The van der Waals surface area contributed by atoms with Crippen LogP contribution in [0.15, 0.2) is 65.6 Å². The average Bonchev–Trinajstić information content (AvgIpc) is 2.95. The molecule has 1 amide bonds. The molecule has 0 saturated carbocycles. The highest BCUT2D eigenvalue weighted by molar-refractivity contribution is 7.92. The normalized spacial score (nSPS) is 10.8. The lowest BCUT2D eigenvalue weighted by Gasteiger charge is -2.24. The Balaban J connectivity index is 2.06. The largest absolute Gasteiger partial charge is 0.497 e. The van der Waals surface area contributed by atoms with Gasteiger partial charge in [-0.15, -0.1) is 0 Å². The van der Waals surface area contributed by atoms with Crippen LogP contribution in [0.3, 0.4) is 0 Å². The Labute approximate surface area is 229 Å². The molecule has 0 radical (unpaired) electrons. The summed E-state index contributed by atoms with van der Waals surface area (Å²) in [7, 11) is -0.828. The van der Waals surface area contributed by atoms with E-state index in [9.17, 15) is 32.9 Å². The van der Waals surface area contributed by atoms with Gasteiger partial charge >= 0.3 is 11.9 Å². The number of rotatable bonds is 10. The zero-order valence-corrected chi connectivity index (χ0v) is 22.7. The van der Waals surface area contributed by atoms with E-state index in [-0.39, 0.29) is 28.1 Å². The number of nitro groups is 1. The van der Waals surface area contributed by atoms with E-state index in [4.69, 9.17) is 9.47 Å². The fourth-order valence-electron chi connectivity index (χ4n) is 3.64. The summed E-state index contributed by atoms with van der Waals surface area (Å²) in [6.07, 6.45) is 0. The molecule has 13 nitrogen and oxygen atoms in total. The second-order valence-corrected chi connectivity index (χ2v) is 10.1. The first-order valence-electron chi connectivity index (χ1n) is 11.4. The van der Waals surface area contributed by atoms with Crippen molar-refractivity contribution in [3.8, 4) is 5.75 Å². The maximum absolute atomic E-state index is 13.7. The molecule has 0 saturated heterocycles. The number of sulfonamides is 1. The van der Waals surface area contributed by atoms with Gasteiger partial charge in [-0.25, -0.2) is 18.0 Å². The van der Waals surface area contributed by atoms with Gasteiger partial charge < -0.3 is 19.5 Å². The zero-order valence-electron chi connectivity index (χ0n) is 21.9. The number of carbonyl (C=O) groups excluding carboxylic acids is 3. The Bertz CT molecular complexity index is 1570. The van der Waals surface area contributed by atoms with Crippen molar-refractivity contribution in [1.82, 2.24) is 0 Å². The molecule has 3 rings (SSSR count). The van der Waals surface area contributed by atoms with E-state index < -0.39 is 49.9 Å². The van der Waals surface area contributed by atoms with E-state index in [0.29, 0.717) is 5.75 Å². The Morgan fingerprint density at radius 3 is 2.15 bits per heavy atom. The van der Waals surface area contributed by atoms with Gasteiger partial charge in [0.15, 0.2) is 0 Å². The molecular formula is C26H25N3O10S. The van der Waals surface area contributed by atoms with Crippen LogP contribution in [0, 0.1) is 17.0 Å². The molecular weight excluding hydrogens is 546 g/mol. The molecule has 0 aromatic heterocycles. The van der Waals surface area contributed by atoms with Crippen LogP contribution in [0.5, 0.6) is 5.75 Å². The fraction of sp³-hybridized carbons (Fsp3) is 0.192. The van der Waals surface area contributed by atoms with Gasteiger partial charge in [-0.2, -0.15) is 0 Å². The van der Waals surface area contributed by atoms with E-state index in [1.165, 1.54) is 68.6 Å². The van der Waals surface area contributed by atoms with Crippen LogP contribution in [0.1, 0.15) is 26.3 Å². The SMILES string of the molecule is COC(=O)c1ccc(C(=O)OC)c(NC(=O)CN(c2ccc(OC)cc2)S(=O)(=O)c2ccc(C)c([N+](=O)[O-])c2)c1. The Kier molecular flexibility index (Phi) is 9.06. The third-order valence-corrected chi connectivity index (χ3v) is 7.50. The van der Waals surface area contributed by atoms with Gasteiger partial charge in [-0.1, -0.05) is 6.07 Å². The van der Waals surface area contributed by atoms with Crippen molar-refractivity contribution < 1.29 is 41.9 Å². The van der Waals surface area contributed by atoms with E-state index in [1.54, 1.807) is 0 Å². The predicted molar refractivity (Wildman–Crippen MR) is 143 cm³/mol. The smallest absolute Gasteiger partial charge is 0.339 e. The molecule has 40 heavy (non-hydrogen) atoms. The molecule has 1 N–H and O–H groups in total. The van der Waals surface area contributed by atoms with E-state index in [1.807, 2.05) is 0 Å². The van der Waals surface area contributed by atoms with Gasteiger partial charge in [0.1, 0.15) is 12.3 Å². The van der Waals surface area contributed by atoms with Crippen LogP contribution in [-0.4, -0.2) is 59.1 Å². The highest BCUT2D eigenvalue weighted by Gasteiger charge is 2.30. The second kappa shape index (κ2) is 12.3. The van der Waals surface area contributed by atoms with Gasteiger partial charge in [0.25, 0.3) is 15.7 Å². The quantitative estimate of drug-likeness (QED) is 0.216. The summed E-state index contributed by atoms with van der Waals surface area (Å²) in [5.74, 6) is -2.04. The fourth-order valence-corrected chi connectivity index (χ4v) is 5.08. The lowest BCUT2D eigenvalue weighted by atomic mass is 10.1. The van der Waals surface area contributed by atoms with Crippen LogP contribution < -0.4 is 14.4 Å². The lowest BCUT2D eigenvalue weighted by Crippen LogP contribution is -2.38. The first-order valence-corrected chi connectivity index (χ1v) is 12.9. The van der Waals surface area contributed by atoms with Crippen molar-refractivity contribution in [2.24, 2.45) is 0 Å². The summed E-state index contributed by atoms with van der Waals surface area (Å²) in [6, 6.07) is 12.9. The minimum atomic E-state index is -4.53.